The molecule has 2 heterocycles. The van der Waals surface area contributed by atoms with Gasteiger partial charge in [0.05, 0.1) is 11.4 Å². The number of pyridine rings is 1. The fourth-order valence-electron chi connectivity index (χ4n) is 7.36. The van der Waals surface area contributed by atoms with Crippen LogP contribution in [-0.2, 0) is 24.2 Å². The molecule has 1 fully saturated rings. The Balaban J connectivity index is 0.853. The van der Waals surface area contributed by atoms with Crippen molar-refractivity contribution in [1.29, 1.82) is 0 Å². The summed E-state index contributed by atoms with van der Waals surface area (Å²) in [6.07, 6.45) is 8.49. The zero-order valence-electron chi connectivity index (χ0n) is 27.6. The highest BCUT2D eigenvalue weighted by atomic mass is 16.2. The van der Waals surface area contributed by atoms with Gasteiger partial charge in [0, 0.05) is 59.6 Å². The third kappa shape index (κ3) is 7.37. The van der Waals surface area contributed by atoms with Crippen molar-refractivity contribution in [3.8, 4) is 0 Å². The summed E-state index contributed by atoms with van der Waals surface area (Å²) >= 11 is 0. The molecule has 1 aromatic heterocycles. The smallest absolute Gasteiger partial charge is 0.255 e. The Labute approximate surface area is 283 Å². The van der Waals surface area contributed by atoms with Gasteiger partial charge in [-0.1, -0.05) is 66.7 Å². The van der Waals surface area contributed by atoms with Gasteiger partial charge in [0.15, 0.2) is 0 Å². The number of fused-ring (bicyclic) bond motifs is 3. The maximum absolute atomic E-state index is 13.1. The molecule has 0 bridgehead atoms. The average Bonchev–Trinajstić information content (AvgIpc) is 3.13. The second-order valence-corrected chi connectivity index (χ2v) is 13.3. The molecular formula is C41H45N5O2. The maximum Gasteiger partial charge on any atom is 0.255 e. The maximum atomic E-state index is 13.1. The molecule has 2 aliphatic rings. The van der Waals surface area contributed by atoms with E-state index in [0.717, 1.165) is 92.2 Å². The molecule has 0 saturated carbocycles. The molecule has 1 atom stereocenters. The first-order chi connectivity index (χ1) is 23.6. The SMILES string of the molecule is O=C(Nc1cccc2ccccc12)c1ccc(CN2CCCC(C(=O)NCCCCNc3c4c(nc5ccccc35)CCCC4)C2)cc1. The van der Waals surface area contributed by atoms with Crippen LogP contribution in [0.2, 0.25) is 0 Å². The van der Waals surface area contributed by atoms with E-state index in [1.54, 1.807) is 0 Å². The Morgan fingerprint density at radius 1 is 0.792 bits per heavy atom. The predicted octanol–water partition coefficient (Wildman–Crippen LogP) is 7.74. The second-order valence-electron chi connectivity index (χ2n) is 13.3. The normalized spacial score (nSPS) is 16.4. The Hall–Kier alpha value is -4.75. The number of hydrogen-bond donors (Lipinski definition) is 3. The topological polar surface area (TPSA) is 86.4 Å². The number of benzene rings is 4. The van der Waals surface area contributed by atoms with Crippen molar-refractivity contribution in [2.45, 2.75) is 57.9 Å². The Morgan fingerprint density at radius 3 is 2.46 bits per heavy atom. The summed E-state index contributed by atoms with van der Waals surface area (Å²) in [6, 6.07) is 30.3. The number of amides is 2. The van der Waals surface area contributed by atoms with E-state index >= 15 is 0 Å². The summed E-state index contributed by atoms with van der Waals surface area (Å²) in [5.41, 5.74) is 7.59. The number of para-hydroxylation sites is 1. The summed E-state index contributed by atoms with van der Waals surface area (Å²) in [4.78, 5) is 33.4. The highest BCUT2D eigenvalue weighted by Crippen LogP contribution is 2.33. The number of likely N-dealkylation sites (tertiary alicyclic amines) is 1. The summed E-state index contributed by atoms with van der Waals surface area (Å²) in [6.45, 7) is 4.10. The van der Waals surface area contributed by atoms with Crippen LogP contribution < -0.4 is 16.0 Å². The predicted molar refractivity (Wildman–Crippen MR) is 195 cm³/mol. The van der Waals surface area contributed by atoms with Crippen LogP contribution in [0, 0.1) is 5.92 Å². The van der Waals surface area contributed by atoms with Crippen LogP contribution in [0.25, 0.3) is 21.7 Å². The fraction of sp³-hybridized carbons (Fsp3) is 0.341. The van der Waals surface area contributed by atoms with Gasteiger partial charge in [0.25, 0.3) is 5.91 Å². The quantitative estimate of drug-likeness (QED) is 0.129. The summed E-state index contributed by atoms with van der Waals surface area (Å²) in [5, 5.41) is 13.4. The van der Waals surface area contributed by atoms with E-state index in [2.05, 4.69) is 45.1 Å². The van der Waals surface area contributed by atoms with Gasteiger partial charge in [0.2, 0.25) is 5.91 Å². The molecule has 1 unspecified atom stereocenters. The van der Waals surface area contributed by atoms with Crippen molar-refractivity contribution >= 4 is 44.9 Å². The van der Waals surface area contributed by atoms with E-state index in [0.29, 0.717) is 12.1 Å². The highest BCUT2D eigenvalue weighted by molar-refractivity contribution is 6.09. The van der Waals surface area contributed by atoms with E-state index in [1.165, 1.54) is 35.2 Å². The molecule has 0 spiro atoms. The lowest BCUT2D eigenvalue weighted by atomic mass is 9.92. The van der Waals surface area contributed by atoms with Gasteiger partial charge in [-0.05, 0) is 98.7 Å². The van der Waals surface area contributed by atoms with Crippen LogP contribution in [0.4, 0.5) is 11.4 Å². The van der Waals surface area contributed by atoms with Gasteiger partial charge in [-0.3, -0.25) is 19.5 Å². The molecular weight excluding hydrogens is 594 g/mol. The number of nitrogens with zero attached hydrogens (tertiary/aromatic N) is 2. The van der Waals surface area contributed by atoms with Crippen LogP contribution in [-0.4, -0.2) is 47.9 Å². The number of aryl methyl sites for hydroxylation is 1. The molecule has 0 radical (unpaired) electrons. The number of aromatic nitrogens is 1. The molecule has 7 nitrogen and oxygen atoms in total. The molecule has 246 valence electrons. The molecule has 1 aliphatic heterocycles. The lowest BCUT2D eigenvalue weighted by molar-refractivity contribution is -0.126. The minimum Gasteiger partial charge on any atom is -0.384 e. The van der Waals surface area contributed by atoms with Gasteiger partial charge < -0.3 is 16.0 Å². The minimum atomic E-state index is -0.117. The minimum absolute atomic E-state index is 0.0114. The number of carbonyl (C=O) groups is 2. The first-order valence-electron chi connectivity index (χ1n) is 17.6. The van der Waals surface area contributed by atoms with Crippen LogP contribution >= 0.6 is 0 Å². The van der Waals surface area contributed by atoms with Gasteiger partial charge >= 0.3 is 0 Å². The van der Waals surface area contributed by atoms with Crippen LogP contribution in [0.3, 0.4) is 0 Å². The van der Waals surface area contributed by atoms with Crippen molar-refractivity contribution in [3.63, 3.8) is 0 Å². The average molecular weight is 640 g/mol. The number of rotatable bonds is 11. The first kappa shape index (κ1) is 31.8. The largest absolute Gasteiger partial charge is 0.384 e. The molecule has 7 heteroatoms. The van der Waals surface area contributed by atoms with Crippen LogP contribution in [0.5, 0.6) is 0 Å². The number of unbranched alkanes of at least 4 members (excludes halogenated alkanes) is 1. The van der Waals surface area contributed by atoms with E-state index in [4.69, 9.17) is 4.98 Å². The van der Waals surface area contributed by atoms with Crippen molar-refractivity contribution in [2.75, 3.05) is 36.8 Å². The summed E-state index contributed by atoms with van der Waals surface area (Å²) in [5.74, 6) is 0.0628. The molecule has 5 aromatic rings. The molecule has 1 aliphatic carbocycles. The van der Waals surface area contributed by atoms with E-state index in [1.807, 2.05) is 66.7 Å². The zero-order chi connectivity index (χ0) is 32.7. The number of anilines is 2. The van der Waals surface area contributed by atoms with Crippen LogP contribution in [0.15, 0.2) is 91.0 Å². The monoisotopic (exact) mass is 639 g/mol. The van der Waals surface area contributed by atoms with Crippen molar-refractivity contribution in [1.82, 2.24) is 15.2 Å². The van der Waals surface area contributed by atoms with Gasteiger partial charge in [-0.15, -0.1) is 0 Å². The number of nitrogens with one attached hydrogen (secondary N) is 3. The van der Waals surface area contributed by atoms with E-state index in [9.17, 15) is 9.59 Å². The van der Waals surface area contributed by atoms with Gasteiger partial charge in [-0.2, -0.15) is 0 Å². The molecule has 2 amide bonds. The summed E-state index contributed by atoms with van der Waals surface area (Å²) < 4.78 is 0. The summed E-state index contributed by atoms with van der Waals surface area (Å²) in [7, 11) is 0. The van der Waals surface area contributed by atoms with Crippen LogP contribution in [0.1, 0.15) is 65.7 Å². The fourth-order valence-corrected chi connectivity index (χ4v) is 7.36. The Kier molecular flexibility index (Phi) is 9.94. The van der Waals surface area contributed by atoms with Crippen molar-refractivity contribution < 1.29 is 9.59 Å². The third-order valence-electron chi connectivity index (χ3n) is 9.91. The number of piperidine rings is 1. The third-order valence-corrected chi connectivity index (χ3v) is 9.91. The van der Waals surface area contributed by atoms with Crippen molar-refractivity contribution in [3.05, 3.63) is 113 Å². The first-order valence-corrected chi connectivity index (χ1v) is 17.6. The second kappa shape index (κ2) is 15.0. The lowest BCUT2D eigenvalue weighted by Crippen LogP contribution is -2.42. The molecule has 1 saturated heterocycles. The highest BCUT2D eigenvalue weighted by Gasteiger charge is 2.25. The van der Waals surface area contributed by atoms with Gasteiger partial charge in [0.1, 0.15) is 0 Å². The Morgan fingerprint density at radius 2 is 1.56 bits per heavy atom. The Bertz CT molecular complexity index is 1900. The molecule has 7 rings (SSSR count). The number of carbonyl (C=O) groups excluding carboxylic acids is 2. The zero-order valence-corrected chi connectivity index (χ0v) is 27.6. The van der Waals surface area contributed by atoms with E-state index < -0.39 is 0 Å². The molecule has 3 N–H and O–H groups in total. The molecule has 48 heavy (non-hydrogen) atoms. The van der Waals surface area contributed by atoms with Crippen molar-refractivity contribution in [2.24, 2.45) is 5.92 Å². The van der Waals surface area contributed by atoms with E-state index in [-0.39, 0.29) is 17.7 Å². The molecule has 4 aromatic carbocycles. The lowest BCUT2D eigenvalue weighted by Gasteiger charge is -2.32. The number of hydrogen-bond acceptors (Lipinski definition) is 5. The standard InChI is InChI=1S/C41H45N5O2/c47-40(43-25-8-7-24-42-39-34-15-3-5-17-37(34)44-38-18-6-4-16-35(38)39)32-13-10-26-46(28-32)27-29-20-22-31(23-21-29)41(48)45-36-19-9-12-30-11-1-2-14-33(30)36/h1-3,5,9,11-12,14-15,17,19-23,32H,4,6-8,10,13,16,18,24-28H2,(H,42,44)(H,43,47)(H,45,48). The van der Waals surface area contributed by atoms with Gasteiger partial charge in [-0.25, -0.2) is 0 Å².